The molecule has 0 heterocycles. The van der Waals surface area contributed by atoms with Crippen molar-refractivity contribution in [3.8, 4) is 16.9 Å². The minimum absolute atomic E-state index is 0.258. The van der Waals surface area contributed by atoms with Crippen molar-refractivity contribution in [3.05, 3.63) is 53.1 Å². The van der Waals surface area contributed by atoms with Crippen molar-refractivity contribution in [2.24, 2.45) is 0 Å². The van der Waals surface area contributed by atoms with Gasteiger partial charge in [-0.1, -0.05) is 41.9 Å². The van der Waals surface area contributed by atoms with Crippen LogP contribution in [0.1, 0.15) is 5.56 Å². The van der Waals surface area contributed by atoms with E-state index in [-0.39, 0.29) is 5.75 Å². The molecule has 0 radical (unpaired) electrons. The van der Waals surface area contributed by atoms with E-state index < -0.39 is 6.36 Å². The van der Waals surface area contributed by atoms with Gasteiger partial charge in [0.15, 0.2) is 0 Å². The van der Waals surface area contributed by atoms with Gasteiger partial charge in [0.25, 0.3) is 0 Å². The van der Waals surface area contributed by atoms with E-state index in [4.69, 9.17) is 11.6 Å². The number of alkyl halides is 3. The SMILES string of the molecule is Cc1cccc(Cl)c1-c1ccccc1OC(F)(F)F. The molecule has 2 aromatic rings. The van der Waals surface area contributed by atoms with Gasteiger partial charge in [0.2, 0.25) is 0 Å². The van der Waals surface area contributed by atoms with Crippen LogP contribution in [-0.2, 0) is 0 Å². The van der Waals surface area contributed by atoms with Crippen molar-refractivity contribution in [3.63, 3.8) is 0 Å². The number of benzene rings is 2. The molecule has 0 aliphatic rings. The predicted molar refractivity (Wildman–Crippen MR) is 68.3 cm³/mol. The molecule has 0 saturated heterocycles. The van der Waals surface area contributed by atoms with E-state index in [0.29, 0.717) is 16.1 Å². The van der Waals surface area contributed by atoms with Crippen LogP contribution in [0.15, 0.2) is 42.5 Å². The van der Waals surface area contributed by atoms with Gasteiger partial charge in [-0.2, -0.15) is 0 Å². The van der Waals surface area contributed by atoms with Gasteiger partial charge < -0.3 is 4.74 Å². The Kier molecular flexibility index (Phi) is 3.71. The highest BCUT2D eigenvalue weighted by molar-refractivity contribution is 6.33. The Labute approximate surface area is 113 Å². The molecule has 0 amide bonds. The fraction of sp³-hybridized carbons (Fsp3) is 0.143. The van der Waals surface area contributed by atoms with E-state index in [1.54, 1.807) is 37.3 Å². The molecule has 0 bridgehead atoms. The molecule has 0 atom stereocenters. The maximum atomic E-state index is 12.4. The molecule has 0 aromatic heterocycles. The van der Waals surface area contributed by atoms with Crippen molar-refractivity contribution in [2.45, 2.75) is 13.3 Å². The molecule has 0 fully saturated rings. The normalized spacial score (nSPS) is 11.4. The first-order valence-corrected chi connectivity index (χ1v) is 5.86. The van der Waals surface area contributed by atoms with Crippen LogP contribution in [0.2, 0.25) is 5.02 Å². The average Bonchev–Trinajstić information content (AvgIpc) is 2.29. The Bertz CT molecular complexity index is 573. The monoisotopic (exact) mass is 286 g/mol. The quantitative estimate of drug-likeness (QED) is 0.736. The molecule has 1 nitrogen and oxygen atoms in total. The summed E-state index contributed by atoms with van der Waals surface area (Å²) >= 11 is 6.07. The highest BCUT2D eigenvalue weighted by atomic mass is 35.5. The summed E-state index contributed by atoms with van der Waals surface area (Å²) in [4.78, 5) is 0. The average molecular weight is 287 g/mol. The van der Waals surface area contributed by atoms with Gasteiger partial charge in [0, 0.05) is 16.1 Å². The lowest BCUT2D eigenvalue weighted by Gasteiger charge is -2.15. The van der Waals surface area contributed by atoms with Crippen molar-refractivity contribution < 1.29 is 17.9 Å². The molecular formula is C14H10ClF3O. The third-order valence-corrected chi connectivity index (χ3v) is 2.92. The van der Waals surface area contributed by atoms with Gasteiger partial charge in [-0.25, -0.2) is 0 Å². The van der Waals surface area contributed by atoms with Crippen LogP contribution >= 0.6 is 11.6 Å². The summed E-state index contributed by atoms with van der Waals surface area (Å²) in [6.45, 7) is 1.78. The molecule has 0 aliphatic carbocycles. The zero-order valence-electron chi connectivity index (χ0n) is 9.96. The first-order valence-electron chi connectivity index (χ1n) is 5.49. The van der Waals surface area contributed by atoms with Gasteiger partial charge in [-0.05, 0) is 24.6 Å². The summed E-state index contributed by atoms with van der Waals surface area (Å²) in [6, 6.07) is 11.1. The Morgan fingerprint density at radius 2 is 1.68 bits per heavy atom. The van der Waals surface area contributed by atoms with Crippen LogP contribution in [0.4, 0.5) is 13.2 Å². The van der Waals surface area contributed by atoms with Gasteiger partial charge in [-0.15, -0.1) is 13.2 Å². The first kappa shape index (κ1) is 13.7. The van der Waals surface area contributed by atoms with Gasteiger partial charge in [-0.3, -0.25) is 0 Å². The third kappa shape index (κ3) is 3.20. The number of halogens is 4. The Hall–Kier alpha value is -1.68. The first-order chi connectivity index (χ1) is 8.88. The lowest BCUT2D eigenvalue weighted by atomic mass is 10.00. The Balaban J connectivity index is 2.57. The van der Waals surface area contributed by atoms with E-state index in [1.165, 1.54) is 12.1 Å². The second-order valence-corrected chi connectivity index (χ2v) is 4.38. The Morgan fingerprint density at radius 1 is 1.00 bits per heavy atom. The lowest BCUT2D eigenvalue weighted by molar-refractivity contribution is -0.274. The van der Waals surface area contributed by atoms with E-state index >= 15 is 0 Å². The van der Waals surface area contributed by atoms with Crippen LogP contribution in [0, 0.1) is 6.92 Å². The largest absolute Gasteiger partial charge is 0.573 e. The fourth-order valence-corrected chi connectivity index (χ4v) is 2.18. The molecule has 0 saturated carbocycles. The highest BCUT2D eigenvalue weighted by Crippen LogP contribution is 2.38. The van der Waals surface area contributed by atoms with Crippen molar-refractivity contribution >= 4 is 11.6 Å². The summed E-state index contributed by atoms with van der Waals surface area (Å²) < 4.78 is 41.2. The topological polar surface area (TPSA) is 9.23 Å². The number of ether oxygens (including phenoxy) is 1. The standard InChI is InChI=1S/C14H10ClF3O/c1-9-5-4-7-11(15)13(9)10-6-2-3-8-12(10)19-14(16,17)18/h2-8H,1H3. The predicted octanol–water partition coefficient (Wildman–Crippen LogP) is 5.21. The zero-order chi connectivity index (χ0) is 14.0. The molecule has 0 spiro atoms. The number of hydrogen-bond acceptors (Lipinski definition) is 1. The molecule has 100 valence electrons. The molecule has 5 heteroatoms. The van der Waals surface area contributed by atoms with Gasteiger partial charge in [0.1, 0.15) is 5.75 Å². The maximum Gasteiger partial charge on any atom is 0.573 e. The molecule has 0 aliphatic heterocycles. The van der Waals surface area contributed by atoms with E-state index in [1.807, 2.05) is 0 Å². The van der Waals surface area contributed by atoms with Gasteiger partial charge >= 0.3 is 6.36 Å². The highest BCUT2D eigenvalue weighted by Gasteiger charge is 2.32. The van der Waals surface area contributed by atoms with Crippen molar-refractivity contribution in [1.82, 2.24) is 0 Å². The minimum atomic E-state index is -4.73. The summed E-state index contributed by atoms with van der Waals surface area (Å²) in [5, 5.41) is 0.387. The van der Waals surface area contributed by atoms with E-state index in [9.17, 15) is 13.2 Å². The third-order valence-electron chi connectivity index (χ3n) is 2.60. The zero-order valence-corrected chi connectivity index (χ0v) is 10.7. The lowest BCUT2D eigenvalue weighted by Crippen LogP contribution is -2.17. The maximum absolute atomic E-state index is 12.4. The molecule has 2 aromatic carbocycles. The number of rotatable bonds is 2. The second kappa shape index (κ2) is 5.13. The number of aryl methyl sites for hydroxylation is 1. The molecule has 0 unspecified atom stereocenters. The second-order valence-electron chi connectivity index (χ2n) is 3.98. The van der Waals surface area contributed by atoms with E-state index in [0.717, 1.165) is 5.56 Å². The van der Waals surface area contributed by atoms with E-state index in [2.05, 4.69) is 4.74 Å². The minimum Gasteiger partial charge on any atom is -0.405 e. The Morgan fingerprint density at radius 3 is 2.32 bits per heavy atom. The smallest absolute Gasteiger partial charge is 0.405 e. The van der Waals surface area contributed by atoms with Crippen LogP contribution in [0.25, 0.3) is 11.1 Å². The van der Waals surface area contributed by atoms with Gasteiger partial charge in [0.05, 0.1) is 0 Å². The molecule has 0 N–H and O–H groups in total. The van der Waals surface area contributed by atoms with Crippen molar-refractivity contribution in [2.75, 3.05) is 0 Å². The number of hydrogen-bond donors (Lipinski definition) is 0. The summed E-state index contributed by atoms with van der Waals surface area (Å²) in [5.74, 6) is -0.258. The summed E-state index contributed by atoms with van der Waals surface area (Å²) in [6.07, 6.45) is -4.73. The molecular weight excluding hydrogens is 277 g/mol. The summed E-state index contributed by atoms with van der Waals surface area (Å²) in [5.41, 5.74) is 1.65. The van der Waals surface area contributed by atoms with Crippen LogP contribution in [0.3, 0.4) is 0 Å². The van der Waals surface area contributed by atoms with Crippen LogP contribution < -0.4 is 4.74 Å². The molecule has 19 heavy (non-hydrogen) atoms. The van der Waals surface area contributed by atoms with Crippen LogP contribution in [-0.4, -0.2) is 6.36 Å². The fourth-order valence-electron chi connectivity index (χ4n) is 1.86. The van der Waals surface area contributed by atoms with Crippen LogP contribution in [0.5, 0.6) is 5.75 Å². The summed E-state index contributed by atoms with van der Waals surface area (Å²) in [7, 11) is 0. The molecule has 2 rings (SSSR count). The van der Waals surface area contributed by atoms with Crippen molar-refractivity contribution in [1.29, 1.82) is 0 Å². The number of para-hydroxylation sites is 1.